The Labute approximate surface area is 161 Å². The Kier molecular flexibility index (Phi) is 4.94. The summed E-state index contributed by atoms with van der Waals surface area (Å²) in [4.78, 5) is 16.1. The molecule has 1 aromatic heterocycles. The number of aromatic nitrogens is 1. The molecule has 0 saturated carbocycles. The first-order valence-corrected chi connectivity index (χ1v) is 8.97. The molecule has 1 amide bonds. The van der Waals surface area contributed by atoms with Crippen LogP contribution in [0.4, 0.5) is 0 Å². The van der Waals surface area contributed by atoms with Crippen molar-refractivity contribution in [2.24, 2.45) is 0 Å². The maximum Gasteiger partial charge on any atom is 0.252 e. The van der Waals surface area contributed by atoms with Crippen molar-refractivity contribution < 1.29 is 14.3 Å². The van der Waals surface area contributed by atoms with Gasteiger partial charge >= 0.3 is 0 Å². The second kappa shape index (κ2) is 7.68. The Hall–Kier alpha value is -3.05. The molecule has 136 valence electrons. The highest BCUT2D eigenvalue weighted by molar-refractivity contribution is 6.29. The number of carbonyl (C=O) groups excluding carboxylic acids is 1. The van der Waals surface area contributed by atoms with Gasteiger partial charge in [0, 0.05) is 18.2 Å². The second-order valence-electron chi connectivity index (χ2n) is 6.21. The van der Waals surface area contributed by atoms with Gasteiger partial charge in [0.05, 0.1) is 12.1 Å². The van der Waals surface area contributed by atoms with Crippen molar-refractivity contribution in [1.82, 2.24) is 10.3 Å². The van der Waals surface area contributed by atoms with E-state index in [1.165, 1.54) is 6.20 Å². The van der Waals surface area contributed by atoms with Gasteiger partial charge in [-0.15, -0.1) is 0 Å². The zero-order valence-corrected chi connectivity index (χ0v) is 15.1. The van der Waals surface area contributed by atoms with Crippen LogP contribution in [0.25, 0.3) is 0 Å². The molecule has 4 rings (SSSR count). The number of para-hydroxylation sites is 1. The predicted octanol–water partition coefficient (Wildman–Crippen LogP) is 4.26. The van der Waals surface area contributed by atoms with Gasteiger partial charge in [-0.2, -0.15) is 0 Å². The Balaban J connectivity index is 1.35. The van der Waals surface area contributed by atoms with Gasteiger partial charge in [-0.3, -0.25) is 4.79 Å². The van der Waals surface area contributed by atoms with E-state index in [9.17, 15) is 4.79 Å². The zero-order valence-electron chi connectivity index (χ0n) is 14.4. The monoisotopic (exact) mass is 380 g/mol. The molecule has 2 heterocycles. The zero-order chi connectivity index (χ0) is 18.6. The molecule has 1 aliphatic heterocycles. The highest BCUT2D eigenvalue weighted by atomic mass is 35.5. The molecule has 1 aliphatic rings. The van der Waals surface area contributed by atoms with E-state index in [1.807, 2.05) is 48.5 Å². The number of halogens is 1. The molecule has 5 nitrogen and oxygen atoms in total. The number of ether oxygens (including phenoxy) is 2. The third-order valence-corrected chi connectivity index (χ3v) is 4.46. The largest absolute Gasteiger partial charge is 0.488 e. The van der Waals surface area contributed by atoms with E-state index in [0.29, 0.717) is 23.7 Å². The van der Waals surface area contributed by atoms with Crippen LogP contribution in [0.5, 0.6) is 17.2 Å². The maximum absolute atomic E-state index is 12.2. The van der Waals surface area contributed by atoms with E-state index in [2.05, 4.69) is 10.3 Å². The van der Waals surface area contributed by atoms with Gasteiger partial charge in [-0.05, 0) is 42.5 Å². The van der Waals surface area contributed by atoms with Crippen LogP contribution >= 0.6 is 11.6 Å². The second-order valence-corrected chi connectivity index (χ2v) is 6.60. The van der Waals surface area contributed by atoms with E-state index in [4.69, 9.17) is 21.1 Å². The molecule has 0 fully saturated rings. The smallest absolute Gasteiger partial charge is 0.252 e. The number of nitrogens with one attached hydrogen (secondary N) is 1. The van der Waals surface area contributed by atoms with E-state index >= 15 is 0 Å². The van der Waals surface area contributed by atoms with Crippen LogP contribution in [0.3, 0.4) is 0 Å². The Bertz CT molecular complexity index is 945. The van der Waals surface area contributed by atoms with E-state index in [1.54, 1.807) is 12.1 Å². The van der Waals surface area contributed by atoms with E-state index in [0.717, 1.165) is 22.8 Å². The number of benzene rings is 2. The van der Waals surface area contributed by atoms with Crippen molar-refractivity contribution in [3.05, 3.63) is 83.1 Å². The summed E-state index contributed by atoms with van der Waals surface area (Å²) < 4.78 is 11.8. The number of hydrogen-bond donors (Lipinski definition) is 1. The van der Waals surface area contributed by atoms with Crippen molar-refractivity contribution in [2.45, 2.75) is 12.5 Å². The fourth-order valence-electron chi connectivity index (χ4n) is 2.92. The fraction of sp³-hybridized carbons (Fsp3) is 0.143. The minimum atomic E-state index is -0.202. The molecule has 1 N–H and O–H groups in total. The minimum Gasteiger partial charge on any atom is -0.488 e. The number of rotatable bonds is 5. The van der Waals surface area contributed by atoms with Gasteiger partial charge in [0.15, 0.2) is 0 Å². The molecular weight excluding hydrogens is 364 g/mol. The van der Waals surface area contributed by atoms with Crippen molar-refractivity contribution in [2.75, 3.05) is 6.54 Å². The van der Waals surface area contributed by atoms with Crippen molar-refractivity contribution >= 4 is 17.5 Å². The average Bonchev–Trinajstić information content (AvgIpc) is 3.10. The van der Waals surface area contributed by atoms with Crippen LogP contribution in [0.1, 0.15) is 15.9 Å². The first-order chi connectivity index (χ1) is 13.2. The molecule has 0 spiro atoms. The molecule has 1 atom stereocenters. The molecule has 3 aromatic rings. The van der Waals surface area contributed by atoms with Crippen LogP contribution in [-0.2, 0) is 6.42 Å². The van der Waals surface area contributed by atoms with Crippen LogP contribution in [0.2, 0.25) is 5.15 Å². The Morgan fingerprint density at radius 3 is 2.78 bits per heavy atom. The summed E-state index contributed by atoms with van der Waals surface area (Å²) in [7, 11) is 0. The molecule has 0 saturated heterocycles. The number of pyridine rings is 1. The van der Waals surface area contributed by atoms with Gasteiger partial charge in [0.25, 0.3) is 5.91 Å². The van der Waals surface area contributed by atoms with Crippen LogP contribution < -0.4 is 14.8 Å². The SMILES string of the molecule is O=C(NCC1Cc2cc(Oc3ccccc3)ccc2O1)c1ccc(Cl)nc1. The summed E-state index contributed by atoms with van der Waals surface area (Å²) in [6.45, 7) is 0.408. The lowest BCUT2D eigenvalue weighted by atomic mass is 10.1. The summed E-state index contributed by atoms with van der Waals surface area (Å²) in [5, 5.41) is 3.23. The van der Waals surface area contributed by atoms with Gasteiger partial charge < -0.3 is 14.8 Å². The standard InChI is InChI=1S/C21H17ClN2O3/c22-20-9-6-14(12-23-20)21(25)24-13-18-11-15-10-17(7-8-19(15)27-18)26-16-4-2-1-3-5-16/h1-10,12,18H,11,13H2,(H,24,25). The summed E-state index contributed by atoms with van der Waals surface area (Å²) in [5.74, 6) is 2.17. The molecule has 6 heteroatoms. The fourth-order valence-corrected chi connectivity index (χ4v) is 3.03. The Morgan fingerprint density at radius 1 is 1.15 bits per heavy atom. The van der Waals surface area contributed by atoms with Gasteiger partial charge in [-0.1, -0.05) is 29.8 Å². The highest BCUT2D eigenvalue weighted by Crippen LogP contribution is 2.33. The lowest BCUT2D eigenvalue weighted by Gasteiger charge is -2.11. The molecular formula is C21H17ClN2O3. The number of carbonyl (C=O) groups is 1. The third-order valence-electron chi connectivity index (χ3n) is 4.23. The van der Waals surface area contributed by atoms with Gasteiger partial charge in [-0.25, -0.2) is 4.98 Å². The molecule has 27 heavy (non-hydrogen) atoms. The van der Waals surface area contributed by atoms with Gasteiger partial charge in [0.1, 0.15) is 28.5 Å². The quantitative estimate of drug-likeness (QED) is 0.672. The average molecular weight is 381 g/mol. The summed E-state index contributed by atoms with van der Waals surface area (Å²) >= 11 is 5.74. The van der Waals surface area contributed by atoms with Gasteiger partial charge in [0.2, 0.25) is 0 Å². The normalized spacial score (nSPS) is 14.9. The minimum absolute atomic E-state index is 0.115. The first-order valence-electron chi connectivity index (χ1n) is 8.59. The first kappa shape index (κ1) is 17.4. The summed E-state index contributed by atoms with van der Waals surface area (Å²) in [5.41, 5.74) is 1.53. The van der Waals surface area contributed by atoms with Crippen molar-refractivity contribution in [1.29, 1.82) is 0 Å². The number of hydrogen-bond acceptors (Lipinski definition) is 4. The lowest BCUT2D eigenvalue weighted by molar-refractivity contribution is 0.0933. The van der Waals surface area contributed by atoms with Crippen LogP contribution in [-0.4, -0.2) is 23.5 Å². The maximum atomic E-state index is 12.2. The highest BCUT2D eigenvalue weighted by Gasteiger charge is 2.24. The number of fused-ring (bicyclic) bond motifs is 1. The van der Waals surface area contributed by atoms with Crippen molar-refractivity contribution in [3.63, 3.8) is 0 Å². The van der Waals surface area contributed by atoms with Crippen LogP contribution in [0.15, 0.2) is 66.9 Å². The molecule has 1 unspecified atom stereocenters. The molecule has 0 radical (unpaired) electrons. The number of amides is 1. The molecule has 0 aliphatic carbocycles. The lowest BCUT2D eigenvalue weighted by Crippen LogP contribution is -2.34. The van der Waals surface area contributed by atoms with E-state index < -0.39 is 0 Å². The summed E-state index contributed by atoms with van der Waals surface area (Å²) in [6, 6.07) is 18.6. The van der Waals surface area contributed by atoms with Crippen LogP contribution in [0, 0.1) is 0 Å². The topological polar surface area (TPSA) is 60.5 Å². The predicted molar refractivity (Wildman–Crippen MR) is 103 cm³/mol. The molecule has 2 aromatic carbocycles. The van der Waals surface area contributed by atoms with E-state index in [-0.39, 0.29) is 12.0 Å². The Morgan fingerprint density at radius 2 is 2.00 bits per heavy atom. The van der Waals surface area contributed by atoms with Crippen molar-refractivity contribution in [3.8, 4) is 17.2 Å². The third kappa shape index (κ3) is 4.20. The molecule has 0 bridgehead atoms. The summed E-state index contributed by atoms with van der Waals surface area (Å²) in [6.07, 6.45) is 2.05. The number of nitrogens with zero attached hydrogens (tertiary/aromatic N) is 1.